The lowest BCUT2D eigenvalue weighted by atomic mass is 10.1. The Morgan fingerprint density at radius 3 is 2.92 bits per heavy atom. The van der Waals surface area contributed by atoms with Crippen LogP contribution >= 0.6 is 0 Å². The zero-order valence-corrected chi connectivity index (χ0v) is 15.4. The first-order valence-corrected chi connectivity index (χ1v) is 8.97. The van der Waals surface area contributed by atoms with Gasteiger partial charge in [0.05, 0.1) is 45.3 Å². The van der Waals surface area contributed by atoms with E-state index in [2.05, 4.69) is 16.8 Å². The van der Waals surface area contributed by atoms with Gasteiger partial charge < -0.3 is 23.9 Å². The molecule has 7 heteroatoms. The fourth-order valence-corrected chi connectivity index (χ4v) is 3.25. The highest BCUT2D eigenvalue weighted by Gasteiger charge is 2.31. The van der Waals surface area contributed by atoms with Crippen molar-refractivity contribution in [2.24, 2.45) is 0 Å². The Morgan fingerprint density at radius 2 is 2.27 bits per heavy atom. The minimum absolute atomic E-state index is 0.00463. The summed E-state index contributed by atoms with van der Waals surface area (Å²) in [7, 11) is 1.65. The van der Waals surface area contributed by atoms with Crippen LogP contribution in [0.2, 0.25) is 0 Å². The number of hydrogen-bond acceptors (Lipinski definition) is 6. The molecule has 0 spiro atoms. The number of benzene rings is 1. The van der Waals surface area contributed by atoms with Gasteiger partial charge in [-0.3, -0.25) is 4.90 Å². The van der Waals surface area contributed by atoms with E-state index in [9.17, 15) is 5.11 Å². The van der Waals surface area contributed by atoms with Crippen LogP contribution < -0.4 is 9.47 Å². The van der Waals surface area contributed by atoms with Gasteiger partial charge in [0.15, 0.2) is 11.5 Å². The lowest BCUT2D eigenvalue weighted by Crippen LogP contribution is -2.42. The normalized spacial score (nSPS) is 19.8. The zero-order valence-electron chi connectivity index (χ0n) is 15.4. The molecule has 142 valence electrons. The van der Waals surface area contributed by atoms with E-state index in [4.69, 9.17) is 14.2 Å². The van der Waals surface area contributed by atoms with Crippen LogP contribution in [0.4, 0.5) is 0 Å². The molecule has 1 aliphatic rings. The van der Waals surface area contributed by atoms with Crippen molar-refractivity contribution in [3.63, 3.8) is 0 Å². The van der Waals surface area contributed by atoms with Gasteiger partial charge in [-0.2, -0.15) is 0 Å². The summed E-state index contributed by atoms with van der Waals surface area (Å²) in [6.07, 6.45) is 4.98. The van der Waals surface area contributed by atoms with Crippen molar-refractivity contribution in [3.8, 4) is 11.5 Å². The summed E-state index contributed by atoms with van der Waals surface area (Å²) in [4.78, 5) is 6.26. The number of aliphatic hydroxyl groups excluding tert-OH is 1. The van der Waals surface area contributed by atoms with Crippen LogP contribution in [0.25, 0.3) is 0 Å². The molecule has 26 heavy (non-hydrogen) atoms. The van der Waals surface area contributed by atoms with E-state index < -0.39 is 6.10 Å². The predicted octanol–water partition coefficient (Wildman–Crippen LogP) is 1.55. The molecule has 1 saturated heterocycles. The predicted molar refractivity (Wildman–Crippen MR) is 97.4 cm³/mol. The summed E-state index contributed by atoms with van der Waals surface area (Å²) >= 11 is 0. The minimum atomic E-state index is -0.453. The highest BCUT2D eigenvalue weighted by Crippen LogP contribution is 2.32. The molecule has 0 aliphatic carbocycles. The van der Waals surface area contributed by atoms with Crippen LogP contribution in [0.5, 0.6) is 11.5 Å². The van der Waals surface area contributed by atoms with Crippen molar-refractivity contribution >= 4 is 0 Å². The lowest BCUT2D eigenvalue weighted by molar-refractivity contribution is 0.0801. The molecule has 7 nitrogen and oxygen atoms in total. The Morgan fingerprint density at radius 1 is 1.38 bits per heavy atom. The number of aliphatic hydroxyl groups is 1. The molecule has 0 unspecified atom stereocenters. The maximum absolute atomic E-state index is 10.2. The third-order valence-electron chi connectivity index (χ3n) is 4.71. The first-order valence-electron chi connectivity index (χ1n) is 8.97. The molecular weight excluding hydrogens is 334 g/mol. The number of para-hydroxylation sites is 1. The van der Waals surface area contributed by atoms with E-state index in [1.807, 2.05) is 29.0 Å². The molecule has 2 atom stereocenters. The monoisotopic (exact) mass is 361 g/mol. The first kappa shape index (κ1) is 18.7. The summed E-state index contributed by atoms with van der Waals surface area (Å²) < 4.78 is 19.0. The summed E-state index contributed by atoms with van der Waals surface area (Å²) in [5.74, 6) is 1.47. The number of aromatic nitrogens is 2. The summed E-state index contributed by atoms with van der Waals surface area (Å²) in [6.45, 7) is 5.75. The first-order chi connectivity index (χ1) is 12.7. The summed E-state index contributed by atoms with van der Waals surface area (Å²) in [5.41, 5.74) is 1.04. The molecule has 2 aromatic rings. The lowest BCUT2D eigenvalue weighted by Gasteiger charge is -2.29. The molecule has 1 fully saturated rings. The quantitative estimate of drug-likeness (QED) is 0.731. The van der Waals surface area contributed by atoms with Crippen molar-refractivity contribution in [1.82, 2.24) is 14.5 Å². The summed E-state index contributed by atoms with van der Waals surface area (Å²) in [5, 5.41) is 10.2. The SMILES string of the molecule is CCN(Cc1cccc(OC)c1OCCn1ccnc1)[C@H]1COC[C@@H]1O. The smallest absolute Gasteiger partial charge is 0.165 e. The van der Waals surface area contributed by atoms with Crippen LogP contribution in [0.3, 0.4) is 0 Å². The second kappa shape index (κ2) is 9.02. The van der Waals surface area contributed by atoms with Crippen molar-refractivity contribution in [3.05, 3.63) is 42.5 Å². The second-order valence-corrected chi connectivity index (χ2v) is 6.33. The van der Waals surface area contributed by atoms with Crippen LogP contribution in [-0.2, 0) is 17.8 Å². The van der Waals surface area contributed by atoms with E-state index in [-0.39, 0.29) is 6.04 Å². The van der Waals surface area contributed by atoms with Crippen molar-refractivity contribution in [1.29, 1.82) is 0 Å². The molecule has 0 radical (unpaired) electrons. The second-order valence-electron chi connectivity index (χ2n) is 6.33. The number of methoxy groups -OCH3 is 1. The molecule has 3 rings (SSSR count). The molecular formula is C19H27N3O4. The third kappa shape index (κ3) is 4.35. The minimum Gasteiger partial charge on any atom is -0.493 e. The van der Waals surface area contributed by atoms with E-state index in [1.165, 1.54) is 0 Å². The average molecular weight is 361 g/mol. The molecule has 0 saturated carbocycles. The van der Waals surface area contributed by atoms with Gasteiger partial charge in [-0.1, -0.05) is 19.1 Å². The van der Waals surface area contributed by atoms with E-state index in [1.54, 1.807) is 19.6 Å². The standard InChI is InChI=1S/C19H27N3O4/c1-3-22(16-12-25-13-17(16)23)11-15-5-4-6-18(24-2)19(15)26-10-9-21-8-7-20-14-21/h4-8,14,16-17,23H,3,9-13H2,1-2H3/t16-,17-/m0/s1. The average Bonchev–Trinajstić information content (AvgIpc) is 3.32. The van der Waals surface area contributed by atoms with Gasteiger partial charge in [0.25, 0.3) is 0 Å². The highest BCUT2D eigenvalue weighted by atomic mass is 16.5. The number of hydrogen-bond donors (Lipinski definition) is 1. The topological polar surface area (TPSA) is 69.0 Å². The van der Waals surface area contributed by atoms with Gasteiger partial charge in [0.2, 0.25) is 0 Å². The van der Waals surface area contributed by atoms with Crippen molar-refractivity contribution in [2.75, 3.05) is 33.5 Å². The van der Waals surface area contributed by atoms with E-state index in [0.29, 0.717) is 38.7 Å². The Hall–Kier alpha value is -2.09. The van der Waals surface area contributed by atoms with Gasteiger partial charge in [-0.15, -0.1) is 0 Å². The van der Waals surface area contributed by atoms with E-state index in [0.717, 1.165) is 17.9 Å². The van der Waals surface area contributed by atoms with Gasteiger partial charge in [0, 0.05) is 24.5 Å². The van der Waals surface area contributed by atoms with Gasteiger partial charge in [-0.25, -0.2) is 4.98 Å². The third-order valence-corrected chi connectivity index (χ3v) is 4.71. The van der Waals surface area contributed by atoms with E-state index >= 15 is 0 Å². The molecule has 1 N–H and O–H groups in total. The maximum atomic E-state index is 10.2. The van der Waals surface area contributed by atoms with Crippen LogP contribution in [0.15, 0.2) is 36.9 Å². The molecule has 1 aliphatic heterocycles. The van der Waals surface area contributed by atoms with Crippen LogP contribution in [-0.4, -0.2) is 65.2 Å². The number of ether oxygens (including phenoxy) is 3. The summed E-state index contributed by atoms with van der Waals surface area (Å²) in [6, 6.07) is 5.91. The maximum Gasteiger partial charge on any atom is 0.165 e. The van der Waals surface area contributed by atoms with Crippen LogP contribution in [0, 0.1) is 0 Å². The van der Waals surface area contributed by atoms with Gasteiger partial charge >= 0.3 is 0 Å². The Balaban J connectivity index is 1.72. The molecule has 0 amide bonds. The molecule has 2 heterocycles. The fraction of sp³-hybridized carbons (Fsp3) is 0.526. The number of rotatable bonds is 9. The molecule has 1 aromatic heterocycles. The van der Waals surface area contributed by atoms with Gasteiger partial charge in [-0.05, 0) is 12.6 Å². The number of likely N-dealkylation sites (N-methyl/N-ethyl adjacent to an activating group) is 1. The van der Waals surface area contributed by atoms with Crippen molar-refractivity contribution < 1.29 is 19.3 Å². The Bertz CT molecular complexity index is 677. The fourth-order valence-electron chi connectivity index (χ4n) is 3.25. The highest BCUT2D eigenvalue weighted by molar-refractivity contribution is 5.46. The molecule has 0 bridgehead atoms. The van der Waals surface area contributed by atoms with Crippen molar-refractivity contribution in [2.45, 2.75) is 32.2 Å². The van der Waals surface area contributed by atoms with Gasteiger partial charge in [0.1, 0.15) is 6.61 Å². The molecule has 1 aromatic carbocycles. The Kier molecular flexibility index (Phi) is 6.49. The van der Waals surface area contributed by atoms with Crippen LogP contribution in [0.1, 0.15) is 12.5 Å². The number of nitrogens with zero attached hydrogens (tertiary/aromatic N) is 3. The largest absolute Gasteiger partial charge is 0.493 e. The Labute approximate surface area is 154 Å². The zero-order chi connectivity index (χ0) is 18.4. The number of imidazole rings is 1.